The van der Waals surface area contributed by atoms with E-state index in [9.17, 15) is 9.59 Å². The summed E-state index contributed by atoms with van der Waals surface area (Å²) in [4.78, 5) is 28.5. The van der Waals surface area contributed by atoms with Crippen LogP contribution in [0.2, 0.25) is 0 Å². The molecule has 0 atom stereocenters. The Morgan fingerprint density at radius 2 is 2.00 bits per heavy atom. The van der Waals surface area contributed by atoms with Gasteiger partial charge in [0.1, 0.15) is 5.82 Å². The van der Waals surface area contributed by atoms with E-state index in [0.717, 1.165) is 5.69 Å². The Morgan fingerprint density at radius 3 is 2.59 bits per heavy atom. The predicted octanol–water partition coefficient (Wildman–Crippen LogP) is 2.65. The Kier molecular flexibility index (Phi) is 5.75. The van der Waals surface area contributed by atoms with Crippen molar-refractivity contribution >= 4 is 23.4 Å². The number of anilines is 2. The van der Waals surface area contributed by atoms with Crippen LogP contribution in [0, 0.1) is 0 Å². The summed E-state index contributed by atoms with van der Waals surface area (Å²) in [5, 5.41) is 11.2. The van der Waals surface area contributed by atoms with Crippen LogP contribution < -0.4 is 10.2 Å². The number of hydrogen-bond acceptors (Lipinski definition) is 4. The first-order valence-electron chi connectivity index (χ1n) is 7.77. The molecule has 6 nitrogen and oxygen atoms in total. The molecule has 1 aromatic rings. The second-order valence-electron chi connectivity index (χ2n) is 5.75. The standard InChI is InChI=1S/C16H23N3O3/c1-19(12-5-3-2-4-6-12)13-7-8-14(17-11-13)18-15(20)9-10-16(21)22/h7-8,11-12H,2-6,9-10H2,1H3,(H,21,22)(H,17,18,20). The van der Waals surface area contributed by atoms with Crippen LogP contribution in [0.1, 0.15) is 44.9 Å². The van der Waals surface area contributed by atoms with E-state index in [1.807, 2.05) is 6.07 Å². The van der Waals surface area contributed by atoms with Gasteiger partial charge in [-0.25, -0.2) is 4.98 Å². The molecule has 0 unspecified atom stereocenters. The Labute approximate surface area is 130 Å². The number of nitrogens with zero attached hydrogens (tertiary/aromatic N) is 2. The summed E-state index contributed by atoms with van der Waals surface area (Å²) in [5.41, 5.74) is 1.04. The number of carboxylic acids is 1. The van der Waals surface area contributed by atoms with Crippen LogP contribution in [0.25, 0.3) is 0 Å². The van der Waals surface area contributed by atoms with Crippen molar-refractivity contribution in [3.05, 3.63) is 18.3 Å². The van der Waals surface area contributed by atoms with Gasteiger partial charge in [-0.05, 0) is 25.0 Å². The van der Waals surface area contributed by atoms with Crippen molar-refractivity contribution < 1.29 is 14.7 Å². The van der Waals surface area contributed by atoms with Gasteiger partial charge in [-0.15, -0.1) is 0 Å². The van der Waals surface area contributed by atoms with Gasteiger partial charge < -0.3 is 15.3 Å². The van der Waals surface area contributed by atoms with Crippen molar-refractivity contribution in [3.63, 3.8) is 0 Å². The molecule has 1 saturated carbocycles. The molecule has 1 aliphatic rings. The number of aliphatic carboxylic acids is 1. The summed E-state index contributed by atoms with van der Waals surface area (Å²) in [6, 6.07) is 4.26. The van der Waals surface area contributed by atoms with Crippen molar-refractivity contribution in [2.75, 3.05) is 17.3 Å². The van der Waals surface area contributed by atoms with E-state index in [1.165, 1.54) is 32.1 Å². The van der Waals surface area contributed by atoms with E-state index in [2.05, 4.69) is 22.2 Å². The molecule has 1 aliphatic carbocycles. The molecule has 2 N–H and O–H groups in total. The Hall–Kier alpha value is -2.11. The van der Waals surface area contributed by atoms with E-state index >= 15 is 0 Å². The first-order valence-corrected chi connectivity index (χ1v) is 7.77. The Morgan fingerprint density at radius 1 is 1.27 bits per heavy atom. The fourth-order valence-electron chi connectivity index (χ4n) is 2.77. The number of aromatic nitrogens is 1. The van der Waals surface area contributed by atoms with Gasteiger partial charge in [0, 0.05) is 19.5 Å². The number of hydrogen-bond donors (Lipinski definition) is 2. The predicted molar refractivity (Wildman–Crippen MR) is 85.0 cm³/mol. The van der Waals surface area contributed by atoms with Crippen LogP contribution in [-0.2, 0) is 9.59 Å². The normalized spacial score (nSPS) is 15.3. The third-order valence-corrected chi connectivity index (χ3v) is 4.11. The van der Waals surface area contributed by atoms with Gasteiger partial charge in [0.25, 0.3) is 0 Å². The number of rotatable bonds is 6. The van der Waals surface area contributed by atoms with Crippen LogP contribution in [0.5, 0.6) is 0 Å². The zero-order valence-electron chi connectivity index (χ0n) is 12.9. The van der Waals surface area contributed by atoms with Gasteiger partial charge in [-0.3, -0.25) is 9.59 Å². The maximum atomic E-state index is 11.6. The minimum absolute atomic E-state index is 0.0409. The van der Waals surface area contributed by atoms with Crippen LogP contribution >= 0.6 is 0 Å². The lowest BCUT2D eigenvalue weighted by Gasteiger charge is -2.32. The summed E-state index contributed by atoms with van der Waals surface area (Å²) < 4.78 is 0. The molecule has 22 heavy (non-hydrogen) atoms. The maximum Gasteiger partial charge on any atom is 0.303 e. The van der Waals surface area contributed by atoms with E-state index < -0.39 is 5.97 Å². The quantitative estimate of drug-likeness (QED) is 0.844. The SMILES string of the molecule is CN(c1ccc(NC(=O)CCC(=O)O)nc1)C1CCCCC1. The third kappa shape index (κ3) is 4.72. The molecule has 0 radical (unpaired) electrons. The highest BCUT2D eigenvalue weighted by Crippen LogP contribution is 2.26. The fraction of sp³-hybridized carbons (Fsp3) is 0.562. The van der Waals surface area contributed by atoms with E-state index in [4.69, 9.17) is 5.11 Å². The number of carbonyl (C=O) groups is 2. The van der Waals surface area contributed by atoms with Crippen molar-refractivity contribution in [1.82, 2.24) is 4.98 Å². The van der Waals surface area contributed by atoms with Crippen LogP contribution in [0.3, 0.4) is 0 Å². The zero-order valence-corrected chi connectivity index (χ0v) is 12.9. The molecule has 0 aliphatic heterocycles. The van der Waals surface area contributed by atoms with Gasteiger partial charge in [0.15, 0.2) is 0 Å². The van der Waals surface area contributed by atoms with Crippen molar-refractivity contribution in [3.8, 4) is 0 Å². The molecule has 1 fully saturated rings. The summed E-state index contributed by atoms with van der Waals surface area (Å²) >= 11 is 0. The van der Waals surface area contributed by atoms with Gasteiger partial charge in [0.05, 0.1) is 18.3 Å². The molecule has 120 valence electrons. The van der Waals surface area contributed by atoms with Crippen LogP contribution in [0.15, 0.2) is 18.3 Å². The molecule has 2 rings (SSSR count). The number of nitrogens with one attached hydrogen (secondary N) is 1. The van der Waals surface area contributed by atoms with Crippen molar-refractivity contribution in [2.24, 2.45) is 0 Å². The second kappa shape index (κ2) is 7.77. The Bertz CT molecular complexity index is 510. The fourth-order valence-corrected chi connectivity index (χ4v) is 2.77. The first kappa shape index (κ1) is 16.3. The molecule has 0 spiro atoms. The number of carboxylic acid groups (broad SMARTS) is 1. The summed E-state index contributed by atoms with van der Waals surface area (Å²) in [5.74, 6) is -0.855. The highest BCUT2D eigenvalue weighted by Gasteiger charge is 2.18. The number of amides is 1. The molecular formula is C16H23N3O3. The number of carbonyl (C=O) groups excluding carboxylic acids is 1. The van der Waals surface area contributed by atoms with Gasteiger partial charge >= 0.3 is 5.97 Å². The lowest BCUT2D eigenvalue weighted by molar-refractivity contribution is -0.138. The van der Waals surface area contributed by atoms with Gasteiger partial charge in [-0.2, -0.15) is 0 Å². The average molecular weight is 305 g/mol. The number of pyridine rings is 1. The lowest BCUT2D eigenvalue weighted by Crippen LogP contribution is -2.33. The monoisotopic (exact) mass is 305 g/mol. The first-order chi connectivity index (χ1) is 10.6. The molecular weight excluding hydrogens is 282 g/mol. The summed E-state index contributed by atoms with van der Waals surface area (Å²) in [7, 11) is 2.08. The topological polar surface area (TPSA) is 82.5 Å². The van der Waals surface area contributed by atoms with Crippen molar-refractivity contribution in [2.45, 2.75) is 51.0 Å². The molecule has 0 aromatic carbocycles. The Balaban J connectivity index is 1.89. The molecule has 1 heterocycles. The highest BCUT2D eigenvalue weighted by molar-refractivity contribution is 5.91. The third-order valence-electron chi connectivity index (χ3n) is 4.11. The molecule has 0 bridgehead atoms. The van der Waals surface area contributed by atoms with E-state index in [1.54, 1.807) is 12.3 Å². The molecule has 1 aromatic heterocycles. The summed E-state index contributed by atoms with van der Waals surface area (Å²) in [6.45, 7) is 0. The smallest absolute Gasteiger partial charge is 0.303 e. The second-order valence-corrected chi connectivity index (χ2v) is 5.75. The van der Waals surface area contributed by atoms with Crippen molar-refractivity contribution in [1.29, 1.82) is 0 Å². The van der Waals surface area contributed by atoms with E-state index in [-0.39, 0.29) is 18.7 Å². The van der Waals surface area contributed by atoms with Gasteiger partial charge in [-0.1, -0.05) is 19.3 Å². The highest BCUT2D eigenvalue weighted by atomic mass is 16.4. The summed E-state index contributed by atoms with van der Waals surface area (Å²) in [6.07, 6.45) is 7.84. The van der Waals surface area contributed by atoms with Crippen LogP contribution in [0.4, 0.5) is 11.5 Å². The molecule has 0 saturated heterocycles. The van der Waals surface area contributed by atoms with Crippen LogP contribution in [-0.4, -0.2) is 35.1 Å². The minimum Gasteiger partial charge on any atom is -0.481 e. The largest absolute Gasteiger partial charge is 0.481 e. The average Bonchev–Trinajstić information content (AvgIpc) is 2.54. The lowest BCUT2D eigenvalue weighted by atomic mass is 9.94. The minimum atomic E-state index is -0.979. The molecule has 1 amide bonds. The maximum absolute atomic E-state index is 11.6. The van der Waals surface area contributed by atoms with E-state index in [0.29, 0.717) is 11.9 Å². The van der Waals surface area contributed by atoms with Gasteiger partial charge in [0.2, 0.25) is 5.91 Å². The zero-order chi connectivity index (χ0) is 15.9. The molecule has 6 heteroatoms.